The molecule has 15 heteroatoms. The van der Waals surface area contributed by atoms with Crippen LogP contribution in [0.3, 0.4) is 0 Å². The van der Waals surface area contributed by atoms with Gasteiger partial charge in [-0.2, -0.15) is 21.6 Å². The Morgan fingerprint density at radius 2 is 2.13 bits per heavy atom. The first-order valence-electron chi connectivity index (χ1n) is 8.33. The molecular formula is C15H15ClF3N5O4S2. The number of hydrogen-bond donors (Lipinski definition) is 1. The van der Waals surface area contributed by atoms with Crippen LogP contribution < -0.4 is 14.7 Å². The van der Waals surface area contributed by atoms with Crippen molar-refractivity contribution in [1.82, 2.24) is 15.3 Å². The van der Waals surface area contributed by atoms with Crippen LogP contribution in [0.15, 0.2) is 28.0 Å². The van der Waals surface area contributed by atoms with E-state index in [9.17, 15) is 26.4 Å². The maximum Gasteiger partial charge on any atom is 0.493 e. The molecule has 30 heavy (non-hydrogen) atoms. The molecule has 0 aromatic carbocycles. The summed E-state index contributed by atoms with van der Waals surface area (Å²) in [6, 6.07) is 1.12. The Balaban J connectivity index is 1.94. The van der Waals surface area contributed by atoms with Crippen LogP contribution in [0.4, 0.5) is 24.8 Å². The third-order valence-corrected chi connectivity index (χ3v) is 6.60. The van der Waals surface area contributed by atoms with Gasteiger partial charge in [-0.25, -0.2) is 14.8 Å². The van der Waals surface area contributed by atoms with Gasteiger partial charge in [0.15, 0.2) is 5.82 Å². The first-order valence-corrected chi connectivity index (χ1v) is 11.1. The standard InChI is InChI=1S/C15H15ClF3N5O4S2/c1-23(9-2-3-20-5-9)13-11(16)4-10(6-21-13)30(26,27)24(12-7-29-8-22-12)28-14(25)15(17,18)19/h4,6-9,20H,2-3,5H2,1H3/t9-/m1/s1. The largest absolute Gasteiger partial charge is 0.493 e. The van der Waals surface area contributed by atoms with Gasteiger partial charge in [0.2, 0.25) is 0 Å². The number of nitrogens with zero attached hydrogens (tertiary/aromatic N) is 4. The van der Waals surface area contributed by atoms with Gasteiger partial charge in [0.25, 0.3) is 10.0 Å². The number of rotatable bonds is 6. The Hall–Kier alpha value is -2.16. The van der Waals surface area contributed by atoms with Crippen LogP contribution in [-0.4, -0.2) is 56.7 Å². The third-order valence-electron chi connectivity index (χ3n) is 4.23. The number of aromatic nitrogens is 2. The molecule has 0 radical (unpaired) electrons. The Labute approximate surface area is 178 Å². The van der Waals surface area contributed by atoms with Crippen LogP contribution in [0.2, 0.25) is 5.02 Å². The highest BCUT2D eigenvalue weighted by atomic mass is 35.5. The van der Waals surface area contributed by atoms with Crippen LogP contribution in [0.5, 0.6) is 0 Å². The molecular weight excluding hydrogens is 471 g/mol. The minimum absolute atomic E-state index is 0.0362. The van der Waals surface area contributed by atoms with E-state index in [0.717, 1.165) is 47.5 Å². The van der Waals surface area contributed by atoms with E-state index >= 15 is 0 Å². The minimum atomic E-state index is -5.42. The van der Waals surface area contributed by atoms with Gasteiger partial charge in [0, 0.05) is 25.0 Å². The number of carbonyl (C=O) groups is 1. The van der Waals surface area contributed by atoms with Crippen LogP contribution in [-0.2, 0) is 19.7 Å². The second-order valence-corrected chi connectivity index (χ2v) is 9.07. The molecule has 0 bridgehead atoms. The molecule has 0 amide bonds. The van der Waals surface area contributed by atoms with Crippen molar-refractivity contribution in [3.05, 3.63) is 28.2 Å². The predicted molar refractivity (Wildman–Crippen MR) is 103 cm³/mol. The van der Waals surface area contributed by atoms with E-state index < -0.39 is 32.9 Å². The lowest BCUT2D eigenvalue weighted by molar-refractivity contribution is -0.199. The van der Waals surface area contributed by atoms with E-state index in [1.54, 1.807) is 11.9 Å². The molecule has 164 valence electrons. The van der Waals surface area contributed by atoms with Crippen molar-refractivity contribution >= 4 is 50.6 Å². The zero-order chi connectivity index (χ0) is 22.1. The molecule has 0 aliphatic carbocycles. The van der Waals surface area contributed by atoms with Gasteiger partial charge in [-0.1, -0.05) is 16.1 Å². The van der Waals surface area contributed by atoms with Crippen molar-refractivity contribution in [3.8, 4) is 0 Å². The number of hydrogen-bond acceptors (Lipinski definition) is 9. The van der Waals surface area contributed by atoms with Gasteiger partial charge >= 0.3 is 12.1 Å². The van der Waals surface area contributed by atoms with E-state index in [1.807, 2.05) is 0 Å². The second kappa shape index (κ2) is 8.53. The average molecular weight is 486 g/mol. The third kappa shape index (κ3) is 4.61. The lowest BCUT2D eigenvalue weighted by atomic mass is 10.2. The topological polar surface area (TPSA) is 105 Å². The van der Waals surface area contributed by atoms with Gasteiger partial charge < -0.3 is 15.1 Å². The summed E-state index contributed by atoms with van der Waals surface area (Å²) in [5.74, 6) is -2.94. The molecule has 0 saturated carbocycles. The van der Waals surface area contributed by atoms with E-state index in [-0.39, 0.29) is 15.5 Å². The molecule has 2 aromatic heterocycles. The zero-order valence-electron chi connectivity index (χ0n) is 15.3. The fourth-order valence-electron chi connectivity index (χ4n) is 2.69. The Morgan fingerprint density at radius 1 is 1.40 bits per heavy atom. The van der Waals surface area contributed by atoms with E-state index in [4.69, 9.17) is 11.6 Å². The number of anilines is 2. The molecule has 1 saturated heterocycles. The van der Waals surface area contributed by atoms with Crippen LogP contribution in [0.1, 0.15) is 6.42 Å². The van der Waals surface area contributed by atoms with Crippen molar-refractivity contribution in [3.63, 3.8) is 0 Å². The van der Waals surface area contributed by atoms with Gasteiger partial charge in [-0.3, -0.25) is 0 Å². The summed E-state index contributed by atoms with van der Waals surface area (Å²) in [7, 11) is -3.06. The molecule has 1 aliphatic rings. The van der Waals surface area contributed by atoms with Crippen molar-refractivity contribution in [1.29, 1.82) is 0 Å². The number of thiazole rings is 1. The van der Waals surface area contributed by atoms with Gasteiger partial charge in [-0.05, 0) is 19.0 Å². The number of likely N-dealkylation sites (N-methyl/N-ethyl adjacent to an activating group) is 1. The summed E-state index contributed by atoms with van der Waals surface area (Å²) in [5.41, 5.74) is 1.16. The summed E-state index contributed by atoms with van der Waals surface area (Å²) in [4.78, 5) is 24.3. The molecule has 9 nitrogen and oxygen atoms in total. The summed E-state index contributed by atoms with van der Waals surface area (Å²) in [5, 5.41) is 4.24. The van der Waals surface area contributed by atoms with Gasteiger partial charge in [0.05, 0.1) is 16.7 Å². The SMILES string of the molecule is CN(c1ncc(S(=O)(=O)N(OC(=O)C(F)(F)F)c2cscn2)cc1Cl)[C@@H]1CCNC1. The average Bonchev–Trinajstić information content (AvgIpc) is 3.38. The Kier molecular flexibility index (Phi) is 6.40. The Morgan fingerprint density at radius 3 is 2.67 bits per heavy atom. The highest BCUT2D eigenvalue weighted by Gasteiger charge is 2.45. The van der Waals surface area contributed by atoms with Gasteiger partial charge in [-0.15, -0.1) is 11.3 Å². The molecule has 0 spiro atoms. The van der Waals surface area contributed by atoms with E-state index in [1.165, 1.54) is 0 Å². The monoisotopic (exact) mass is 485 g/mol. The fourth-order valence-corrected chi connectivity index (χ4v) is 4.79. The number of halogens is 4. The first-order chi connectivity index (χ1) is 14.0. The maximum absolute atomic E-state index is 12.9. The lowest BCUT2D eigenvalue weighted by Gasteiger charge is -2.26. The summed E-state index contributed by atoms with van der Waals surface area (Å²) >= 11 is 7.10. The highest BCUT2D eigenvalue weighted by molar-refractivity contribution is 7.92. The number of nitrogens with one attached hydrogen (secondary N) is 1. The minimum Gasteiger partial charge on any atom is -0.354 e. The molecule has 0 unspecified atom stereocenters. The molecule has 1 fully saturated rings. The second-order valence-electron chi connectivity index (χ2n) is 6.19. The van der Waals surface area contributed by atoms with E-state index in [0.29, 0.717) is 12.4 Å². The number of alkyl halides is 3. The summed E-state index contributed by atoms with van der Waals surface area (Å²) in [6.07, 6.45) is -3.66. The number of pyridine rings is 1. The molecule has 1 atom stereocenters. The number of carbonyl (C=O) groups excluding carboxylic acids is 1. The number of sulfonamides is 1. The van der Waals surface area contributed by atoms with Gasteiger partial charge in [0.1, 0.15) is 10.7 Å². The highest BCUT2D eigenvalue weighted by Crippen LogP contribution is 2.31. The van der Waals surface area contributed by atoms with Crippen LogP contribution >= 0.6 is 22.9 Å². The molecule has 1 aliphatic heterocycles. The summed E-state index contributed by atoms with van der Waals surface area (Å²) < 4.78 is 63.5. The fraction of sp³-hybridized carbons (Fsp3) is 0.400. The molecule has 2 aromatic rings. The zero-order valence-corrected chi connectivity index (χ0v) is 17.6. The smallest absolute Gasteiger partial charge is 0.354 e. The van der Waals surface area contributed by atoms with E-state index in [2.05, 4.69) is 20.1 Å². The van der Waals surface area contributed by atoms with Crippen LogP contribution in [0, 0.1) is 0 Å². The Bertz CT molecular complexity index is 1010. The maximum atomic E-state index is 12.9. The molecule has 1 N–H and O–H groups in total. The lowest BCUT2D eigenvalue weighted by Crippen LogP contribution is -2.39. The van der Waals surface area contributed by atoms with Crippen LogP contribution in [0.25, 0.3) is 0 Å². The van der Waals surface area contributed by atoms with Crippen molar-refractivity contribution in [2.24, 2.45) is 0 Å². The van der Waals surface area contributed by atoms with Crippen molar-refractivity contribution in [2.75, 3.05) is 29.5 Å². The quantitative estimate of drug-likeness (QED) is 0.621. The first kappa shape index (κ1) is 22.5. The normalized spacial score (nSPS) is 17.0. The summed E-state index contributed by atoms with van der Waals surface area (Å²) in [6.45, 7) is 1.51. The molecule has 3 heterocycles. The molecule has 3 rings (SSSR count). The predicted octanol–water partition coefficient (Wildman–Crippen LogP) is 2.21. The van der Waals surface area contributed by atoms with Crippen molar-refractivity contribution in [2.45, 2.75) is 23.5 Å². The van der Waals surface area contributed by atoms with Crippen molar-refractivity contribution < 1.29 is 31.2 Å².